The third-order valence-electron chi connectivity index (χ3n) is 3.01. The van der Waals surface area contributed by atoms with E-state index in [1.807, 2.05) is 60.4 Å². The van der Waals surface area contributed by atoms with E-state index in [0.29, 0.717) is 19.5 Å². The summed E-state index contributed by atoms with van der Waals surface area (Å²) in [6.45, 7) is 3.36. The second-order valence-corrected chi connectivity index (χ2v) is 4.39. The average Bonchev–Trinajstić information content (AvgIpc) is 2.47. The van der Waals surface area contributed by atoms with Gasteiger partial charge in [0.25, 0.3) is 0 Å². The Morgan fingerprint density at radius 3 is 2.47 bits per heavy atom. The highest BCUT2D eigenvalue weighted by atomic mass is 16.2. The Kier molecular flexibility index (Phi) is 4.67. The number of hydrogen-bond acceptors (Lipinski definition) is 2. The van der Waals surface area contributed by atoms with Gasteiger partial charge in [0.2, 0.25) is 5.91 Å². The van der Waals surface area contributed by atoms with Gasteiger partial charge in [0, 0.05) is 25.0 Å². The van der Waals surface area contributed by atoms with Gasteiger partial charge in [-0.25, -0.2) is 0 Å². The molecule has 0 saturated carbocycles. The van der Waals surface area contributed by atoms with E-state index in [2.05, 4.69) is 4.98 Å². The summed E-state index contributed by atoms with van der Waals surface area (Å²) in [6.07, 6.45) is 2.08. The Morgan fingerprint density at radius 2 is 1.84 bits per heavy atom. The van der Waals surface area contributed by atoms with Crippen molar-refractivity contribution in [2.75, 3.05) is 6.54 Å². The van der Waals surface area contributed by atoms with Crippen LogP contribution in [0.4, 0.5) is 0 Å². The highest BCUT2D eigenvalue weighted by molar-refractivity contribution is 5.78. The van der Waals surface area contributed by atoms with E-state index in [0.717, 1.165) is 11.3 Å². The van der Waals surface area contributed by atoms with E-state index < -0.39 is 0 Å². The summed E-state index contributed by atoms with van der Waals surface area (Å²) in [4.78, 5) is 18.3. The summed E-state index contributed by atoms with van der Waals surface area (Å²) < 4.78 is 0. The van der Waals surface area contributed by atoms with Crippen LogP contribution in [0.2, 0.25) is 0 Å². The van der Waals surface area contributed by atoms with Crippen molar-refractivity contribution in [1.29, 1.82) is 0 Å². The van der Waals surface area contributed by atoms with Gasteiger partial charge < -0.3 is 4.90 Å². The van der Waals surface area contributed by atoms with Crippen LogP contribution in [-0.4, -0.2) is 22.3 Å². The summed E-state index contributed by atoms with van der Waals surface area (Å²) in [5.41, 5.74) is 1.97. The first-order valence-corrected chi connectivity index (χ1v) is 6.51. The molecule has 0 aliphatic rings. The zero-order chi connectivity index (χ0) is 13.5. The lowest BCUT2D eigenvalue weighted by Gasteiger charge is -2.20. The number of carbonyl (C=O) groups excluding carboxylic acids is 1. The second kappa shape index (κ2) is 6.69. The lowest BCUT2D eigenvalue weighted by molar-refractivity contribution is -0.130. The third-order valence-corrected chi connectivity index (χ3v) is 3.01. The van der Waals surface area contributed by atoms with Gasteiger partial charge in [-0.15, -0.1) is 0 Å². The number of aromatic nitrogens is 1. The SMILES string of the molecule is CCN(Cc1ccccc1)C(=O)Cc1ccccn1. The number of amides is 1. The minimum Gasteiger partial charge on any atom is -0.338 e. The smallest absolute Gasteiger partial charge is 0.228 e. The zero-order valence-corrected chi connectivity index (χ0v) is 11.1. The fourth-order valence-corrected chi connectivity index (χ4v) is 1.95. The molecule has 1 heterocycles. The monoisotopic (exact) mass is 254 g/mol. The van der Waals surface area contributed by atoms with E-state index in [1.165, 1.54) is 0 Å². The van der Waals surface area contributed by atoms with E-state index >= 15 is 0 Å². The molecule has 1 aromatic carbocycles. The maximum absolute atomic E-state index is 12.2. The molecule has 3 heteroatoms. The molecule has 0 unspecified atom stereocenters. The number of hydrogen-bond donors (Lipinski definition) is 0. The number of carbonyl (C=O) groups is 1. The summed E-state index contributed by atoms with van der Waals surface area (Å²) >= 11 is 0. The molecular weight excluding hydrogens is 236 g/mol. The van der Waals surface area contributed by atoms with E-state index in [-0.39, 0.29) is 5.91 Å². The van der Waals surface area contributed by atoms with Gasteiger partial charge >= 0.3 is 0 Å². The van der Waals surface area contributed by atoms with Crippen molar-refractivity contribution < 1.29 is 4.79 Å². The molecule has 0 spiro atoms. The van der Waals surface area contributed by atoms with E-state index in [9.17, 15) is 4.79 Å². The average molecular weight is 254 g/mol. The molecule has 0 bridgehead atoms. The van der Waals surface area contributed by atoms with Gasteiger partial charge in [-0.2, -0.15) is 0 Å². The fraction of sp³-hybridized carbons (Fsp3) is 0.250. The molecule has 19 heavy (non-hydrogen) atoms. The minimum atomic E-state index is 0.116. The Balaban J connectivity index is 2.00. The van der Waals surface area contributed by atoms with Crippen LogP contribution in [0, 0.1) is 0 Å². The molecule has 1 amide bonds. The van der Waals surface area contributed by atoms with Gasteiger partial charge in [0.05, 0.1) is 6.42 Å². The van der Waals surface area contributed by atoms with Crippen molar-refractivity contribution in [2.45, 2.75) is 19.9 Å². The Labute approximate surface area is 113 Å². The molecule has 0 fully saturated rings. The summed E-state index contributed by atoms with van der Waals surface area (Å²) in [5.74, 6) is 0.116. The predicted octanol–water partition coefficient (Wildman–Crippen LogP) is 2.67. The van der Waals surface area contributed by atoms with Gasteiger partial charge in [-0.05, 0) is 24.6 Å². The number of nitrogens with zero attached hydrogens (tertiary/aromatic N) is 2. The maximum atomic E-state index is 12.2. The first-order valence-electron chi connectivity index (χ1n) is 6.51. The topological polar surface area (TPSA) is 33.2 Å². The van der Waals surface area contributed by atoms with Gasteiger partial charge in [-0.3, -0.25) is 9.78 Å². The molecule has 2 rings (SSSR count). The first kappa shape index (κ1) is 13.3. The van der Waals surface area contributed by atoms with Crippen molar-refractivity contribution in [3.8, 4) is 0 Å². The maximum Gasteiger partial charge on any atom is 0.228 e. The number of benzene rings is 1. The second-order valence-electron chi connectivity index (χ2n) is 4.39. The quantitative estimate of drug-likeness (QED) is 0.822. The largest absolute Gasteiger partial charge is 0.338 e. The van der Waals surface area contributed by atoms with Crippen LogP contribution in [0.1, 0.15) is 18.2 Å². The molecule has 0 radical (unpaired) electrons. The van der Waals surface area contributed by atoms with Crippen molar-refractivity contribution in [3.63, 3.8) is 0 Å². The number of likely N-dealkylation sites (N-methyl/N-ethyl adjacent to an activating group) is 1. The number of rotatable bonds is 5. The normalized spacial score (nSPS) is 10.2. The standard InChI is InChI=1S/C16H18N2O/c1-2-18(13-14-8-4-3-5-9-14)16(19)12-15-10-6-7-11-17-15/h3-11H,2,12-13H2,1H3. The molecule has 0 aliphatic carbocycles. The van der Waals surface area contributed by atoms with Crippen LogP contribution in [0.5, 0.6) is 0 Å². The third kappa shape index (κ3) is 3.91. The molecule has 0 N–H and O–H groups in total. The molecule has 98 valence electrons. The molecule has 1 aromatic heterocycles. The number of pyridine rings is 1. The van der Waals surface area contributed by atoms with Gasteiger partial charge in [0.15, 0.2) is 0 Å². The summed E-state index contributed by atoms with van der Waals surface area (Å²) in [5, 5.41) is 0. The van der Waals surface area contributed by atoms with Crippen LogP contribution in [-0.2, 0) is 17.8 Å². The molecule has 0 saturated heterocycles. The van der Waals surface area contributed by atoms with Crippen LogP contribution in [0.25, 0.3) is 0 Å². The lowest BCUT2D eigenvalue weighted by atomic mass is 10.2. The van der Waals surface area contributed by atoms with Crippen molar-refractivity contribution in [3.05, 3.63) is 66.0 Å². The van der Waals surface area contributed by atoms with Crippen molar-refractivity contribution in [1.82, 2.24) is 9.88 Å². The predicted molar refractivity (Wildman–Crippen MR) is 75.5 cm³/mol. The first-order chi connectivity index (χ1) is 9.29. The fourth-order valence-electron chi connectivity index (χ4n) is 1.95. The van der Waals surface area contributed by atoms with Gasteiger partial charge in [-0.1, -0.05) is 36.4 Å². The van der Waals surface area contributed by atoms with Crippen LogP contribution >= 0.6 is 0 Å². The van der Waals surface area contributed by atoms with E-state index in [1.54, 1.807) is 6.20 Å². The van der Waals surface area contributed by atoms with Gasteiger partial charge in [0.1, 0.15) is 0 Å². The molecular formula is C16H18N2O. The minimum absolute atomic E-state index is 0.116. The van der Waals surface area contributed by atoms with Crippen LogP contribution in [0.3, 0.4) is 0 Å². The highest BCUT2D eigenvalue weighted by Gasteiger charge is 2.13. The van der Waals surface area contributed by atoms with Crippen molar-refractivity contribution >= 4 is 5.91 Å². The Morgan fingerprint density at radius 1 is 1.11 bits per heavy atom. The molecule has 2 aromatic rings. The van der Waals surface area contributed by atoms with Crippen LogP contribution in [0.15, 0.2) is 54.7 Å². The lowest BCUT2D eigenvalue weighted by Crippen LogP contribution is -2.31. The molecule has 3 nitrogen and oxygen atoms in total. The molecule has 0 atom stereocenters. The molecule has 0 aliphatic heterocycles. The summed E-state index contributed by atoms with van der Waals surface area (Å²) in [6, 6.07) is 15.7. The Hall–Kier alpha value is -2.16. The highest BCUT2D eigenvalue weighted by Crippen LogP contribution is 2.06. The van der Waals surface area contributed by atoms with Crippen molar-refractivity contribution in [2.24, 2.45) is 0 Å². The zero-order valence-electron chi connectivity index (χ0n) is 11.1. The summed E-state index contributed by atoms with van der Waals surface area (Å²) in [7, 11) is 0. The van der Waals surface area contributed by atoms with Crippen LogP contribution < -0.4 is 0 Å². The van der Waals surface area contributed by atoms with E-state index in [4.69, 9.17) is 0 Å². The Bertz CT molecular complexity index is 511.